The fourth-order valence-electron chi connectivity index (χ4n) is 2.19. The summed E-state index contributed by atoms with van der Waals surface area (Å²) in [5.74, 6) is -1.000. The van der Waals surface area contributed by atoms with E-state index < -0.39 is 11.7 Å². The van der Waals surface area contributed by atoms with E-state index in [1.165, 1.54) is 18.3 Å². The Morgan fingerprint density at radius 1 is 1.12 bits per heavy atom. The van der Waals surface area contributed by atoms with Gasteiger partial charge in [0.2, 0.25) is 0 Å². The molecule has 0 aliphatic heterocycles. The van der Waals surface area contributed by atoms with Crippen LogP contribution in [0.2, 0.25) is 5.02 Å². The van der Waals surface area contributed by atoms with Gasteiger partial charge in [0.15, 0.2) is 0 Å². The van der Waals surface area contributed by atoms with Crippen LogP contribution in [-0.2, 0) is 11.2 Å². The first-order chi connectivity index (χ1) is 11.6. The third kappa shape index (κ3) is 3.75. The molecule has 0 atom stereocenters. The molecule has 1 aromatic heterocycles. The lowest BCUT2D eigenvalue weighted by Crippen LogP contribution is -2.12. The number of halogens is 2. The minimum atomic E-state index is -0.515. The molecule has 0 N–H and O–H groups in total. The molecule has 4 nitrogen and oxygen atoms in total. The molecule has 0 aliphatic carbocycles. The van der Waals surface area contributed by atoms with E-state index in [-0.39, 0.29) is 17.0 Å². The maximum absolute atomic E-state index is 13.7. The van der Waals surface area contributed by atoms with E-state index in [0.29, 0.717) is 5.36 Å². The molecule has 1 heterocycles. The molecular weight excluding hydrogens is 329 g/mol. The van der Waals surface area contributed by atoms with E-state index in [9.17, 15) is 9.18 Å². The zero-order valence-corrected chi connectivity index (χ0v) is 13.3. The first-order valence-corrected chi connectivity index (χ1v) is 7.62. The minimum Gasteiger partial charge on any atom is -0.272 e. The van der Waals surface area contributed by atoms with Crippen LogP contribution in [0.4, 0.5) is 4.39 Å². The average molecular weight is 342 g/mol. The minimum absolute atomic E-state index is 0.149. The van der Waals surface area contributed by atoms with Crippen molar-refractivity contribution in [1.29, 1.82) is 0 Å². The summed E-state index contributed by atoms with van der Waals surface area (Å²) in [5.41, 5.74) is 1.05. The summed E-state index contributed by atoms with van der Waals surface area (Å²) in [5, 5.41) is 4.83. The summed E-state index contributed by atoms with van der Waals surface area (Å²) < 4.78 is 15.4. The number of hydrogen-bond donors (Lipinski definition) is 0. The molecule has 0 spiro atoms. The number of aromatic nitrogens is 2. The van der Waals surface area contributed by atoms with Gasteiger partial charge in [0.1, 0.15) is 5.82 Å². The predicted octanol–water partition coefficient (Wildman–Crippen LogP) is 3.33. The number of carbonyl (C=O) groups is 1. The SMILES string of the molecule is O=C(Cc1c(F)cccc1Cl)/N=c1/ccn(-c2ccccc2)nc1. The number of benzene rings is 2. The molecule has 0 fully saturated rings. The molecule has 120 valence electrons. The van der Waals surface area contributed by atoms with Crippen LogP contribution >= 0.6 is 11.6 Å². The lowest BCUT2D eigenvalue weighted by atomic mass is 10.1. The van der Waals surface area contributed by atoms with Crippen LogP contribution in [0, 0.1) is 5.82 Å². The fraction of sp³-hybridized carbons (Fsp3) is 0.0556. The molecule has 0 bridgehead atoms. The summed E-state index contributed by atoms with van der Waals surface area (Å²) in [6.45, 7) is 0. The predicted molar refractivity (Wildman–Crippen MR) is 89.2 cm³/mol. The lowest BCUT2D eigenvalue weighted by Gasteiger charge is -2.04. The van der Waals surface area contributed by atoms with Crippen molar-refractivity contribution in [3.05, 3.63) is 88.8 Å². The van der Waals surface area contributed by atoms with E-state index in [1.807, 2.05) is 30.3 Å². The van der Waals surface area contributed by atoms with Gasteiger partial charge < -0.3 is 0 Å². The van der Waals surface area contributed by atoms with Gasteiger partial charge in [0.05, 0.1) is 23.7 Å². The molecule has 0 saturated heterocycles. The van der Waals surface area contributed by atoms with Crippen molar-refractivity contribution >= 4 is 17.5 Å². The Labute approximate surface area is 142 Å². The van der Waals surface area contributed by atoms with Gasteiger partial charge in [-0.3, -0.25) is 4.79 Å². The lowest BCUT2D eigenvalue weighted by molar-refractivity contribution is -0.117. The maximum atomic E-state index is 13.7. The maximum Gasteiger partial charge on any atom is 0.250 e. The van der Waals surface area contributed by atoms with Crippen LogP contribution in [0.25, 0.3) is 5.69 Å². The highest BCUT2D eigenvalue weighted by molar-refractivity contribution is 6.31. The first kappa shape index (κ1) is 16.1. The van der Waals surface area contributed by atoms with Crippen LogP contribution in [0.1, 0.15) is 5.56 Å². The van der Waals surface area contributed by atoms with Crippen LogP contribution in [0.3, 0.4) is 0 Å². The largest absolute Gasteiger partial charge is 0.272 e. The molecule has 0 radical (unpaired) electrons. The van der Waals surface area contributed by atoms with Gasteiger partial charge in [0.25, 0.3) is 5.91 Å². The molecule has 3 rings (SSSR count). The zero-order valence-electron chi connectivity index (χ0n) is 12.6. The smallest absolute Gasteiger partial charge is 0.250 e. The van der Waals surface area contributed by atoms with Crippen LogP contribution in [0.15, 0.2) is 72.0 Å². The van der Waals surface area contributed by atoms with Gasteiger partial charge >= 0.3 is 0 Å². The second kappa shape index (κ2) is 7.19. The number of hydrogen-bond acceptors (Lipinski definition) is 2. The molecule has 3 aromatic rings. The first-order valence-electron chi connectivity index (χ1n) is 7.24. The topological polar surface area (TPSA) is 47.2 Å². The Hall–Kier alpha value is -2.79. The quantitative estimate of drug-likeness (QED) is 0.733. The monoisotopic (exact) mass is 341 g/mol. The average Bonchev–Trinajstić information content (AvgIpc) is 2.60. The number of rotatable bonds is 3. The number of para-hydroxylation sites is 1. The molecule has 0 aliphatic rings. The summed E-state index contributed by atoms with van der Waals surface area (Å²) in [7, 11) is 0. The summed E-state index contributed by atoms with van der Waals surface area (Å²) in [4.78, 5) is 15.9. The van der Waals surface area contributed by atoms with Gasteiger partial charge in [-0.05, 0) is 30.3 Å². The molecule has 2 aromatic carbocycles. The summed E-state index contributed by atoms with van der Waals surface area (Å²) >= 11 is 5.92. The second-order valence-electron chi connectivity index (χ2n) is 5.05. The summed E-state index contributed by atoms with van der Waals surface area (Å²) in [6, 6.07) is 15.5. The van der Waals surface area contributed by atoms with E-state index in [4.69, 9.17) is 11.6 Å². The van der Waals surface area contributed by atoms with Gasteiger partial charge in [-0.25, -0.2) is 14.1 Å². The van der Waals surface area contributed by atoms with Gasteiger partial charge in [-0.15, -0.1) is 0 Å². The van der Waals surface area contributed by atoms with E-state index >= 15 is 0 Å². The standard InChI is InChI=1S/C18H13ClFN3O/c19-16-7-4-8-17(20)15(16)11-18(24)22-13-9-10-23(21-12-13)14-5-2-1-3-6-14/h1-10,12H,11H2/b22-13-. The number of carbonyl (C=O) groups excluding carboxylic acids is 1. The molecule has 1 amide bonds. The van der Waals surface area contributed by atoms with Gasteiger partial charge in [-0.2, -0.15) is 5.10 Å². The second-order valence-corrected chi connectivity index (χ2v) is 5.46. The third-order valence-electron chi connectivity index (χ3n) is 3.37. The van der Waals surface area contributed by atoms with Crippen molar-refractivity contribution in [3.63, 3.8) is 0 Å². The van der Waals surface area contributed by atoms with Crippen LogP contribution in [-0.4, -0.2) is 15.7 Å². The Morgan fingerprint density at radius 2 is 1.92 bits per heavy atom. The molecular formula is C18H13ClFN3O. The van der Waals surface area contributed by atoms with Crippen molar-refractivity contribution < 1.29 is 9.18 Å². The molecule has 6 heteroatoms. The van der Waals surface area contributed by atoms with E-state index in [1.54, 1.807) is 23.0 Å². The van der Waals surface area contributed by atoms with Crippen molar-refractivity contribution in [2.24, 2.45) is 4.99 Å². The van der Waals surface area contributed by atoms with Crippen molar-refractivity contribution in [1.82, 2.24) is 9.78 Å². The van der Waals surface area contributed by atoms with Crippen LogP contribution < -0.4 is 5.36 Å². The molecule has 0 saturated carbocycles. The fourth-order valence-corrected chi connectivity index (χ4v) is 2.42. The normalized spacial score (nSPS) is 11.5. The van der Waals surface area contributed by atoms with E-state index in [0.717, 1.165) is 5.69 Å². The van der Waals surface area contributed by atoms with Crippen molar-refractivity contribution in [2.75, 3.05) is 0 Å². The molecule has 0 unspecified atom stereocenters. The highest BCUT2D eigenvalue weighted by atomic mass is 35.5. The van der Waals surface area contributed by atoms with Gasteiger partial charge in [-0.1, -0.05) is 35.9 Å². The third-order valence-corrected chi connectivity index (χ3v) is 3.72. The van der Waals surface area contributed by atoms with Crippen molar-refractivity contribution in [2.45, 2.75) is 6.42 Å². The Morgan fingerprint density at radius 3 is 2.58 bits per heavy atom. The number of nitrogens with zero attached hydrogens (tertiary/aromatic N) is 3. The Bertz CT molecular complexity index is 898. The Kier molecular flexibility index (Phi) is 4.82. The zero-order chi connectivity index (χ0) is 16.9. The van der Waals surface area contributed by atoms with Crippen molar-refractivity contribution in [3.8, 4) is 5.69 Å². The molecule has 24 heavy (non-hydrogen) atoms. The van der Waals surface area contributed by atoms with Crippen LogP contribution in [0.5, 0.6) is 0 Å². The highest BCUT2D eigenvalue weighted by Crippen LogP contribution is 2.19. The highest BCUT2D eigenvalue weighted by Gasteiger charge is 2.11. The Balaban J connectivity index is 1.80. The number of amides is 1. The van der Waals surface area contributed by atoms with E-state index in [2.05, 4.69) is 10.1 Å². The van der Waals surface area contributed by atoms with Gasteiger partial charge in [0, 0.05) is 16.8 Å². The summed E-state index contributed by atoms with van der Waals surface area (Å²) in [6.07, 6.45) is 2.99.